The summed E-state index contributed by atoms with van der Waals surface area (Å²) >= 11 is 0. The Morgan fingerprint density at radius 1 is 1.33 bits per heavy atom. The van der Waals surface area contributed by atoms with Crippen LogP contribution in [0, 0.1) is 17.2 Å². The lowest BCUT2D eigenvalue weighted by atomic mass is 9.76. The monoisotopic (exact) mass is 248 g/mol. The standard InChI is InChI=1S/C15H21FN2/c1-15(2)10-17-13-7-8-18(9-11(13)15)14-6-4-3-5-12(14)16/h3-6,11,13,17H,7-10H2,1-2H3. The number of nitrogens with zero attached hydrogens (tertiary/aromatic N) is 1. The molecule has 2 aliphatic heterocycles. The van der Waals surface area contributed by atoms with Crippen LogP contribution in [-0.2, 0) is 0 Å². The van der Waals surface area contributed by atoms with Crippen molar-refractivity contribution in [3.63, 3.8) is 0 Å². The first kappa shape index (κ1) is 12.0. The summed E-state index contributed by atoms with van der Waals surface area (Å²) in [6, 6.07) is 7.74. The molecule has 0 aromatic heterocycles. The van der Waals surface area contributed by atoms with E-state index >= 15 is 0 Å². The van der Waals surface area contributed by atoms with Gasteiger partial charge in [-0.05, 0) is 29.9 Å². The van der Waals surface area contributed by atoms with Crippen molar-refractivity contribution < 1.29 is 4.39 Å². The molecule has 3 heteroatoms. The molecule has 0 saturated carbocycles. The largest absolute Gasteiger partial charge is 0.369 e. The third-order valence-electron chi connectivity index (χ3n) is 4.63. The van der Waals surface area contributed by atoms with Gasteiger partial charge in [-0.15, -0.1) is 0 Å². The van der Waals surface area contributed by atoms with Gasteiger partial charge >= 0.3 is 0 Å². The number of fused-ring (bicyclic) bond motifs is 1. The van der Waals surface area contributed by atoms with Crippen molar-refractivity contribution in [2.24, 2.45) is 11.3 Å². The second-order valence-corrected chi connectivity index (χ2v) is 6.27. The summed E-state index contributed by atoms with van der Waals surface area (Å²) in [6.45, 7) is 7.62. The van der Waals surface area contributed by atoms with Crippen molar-refractivity contribution in [3.05, 3.63) is 30.1 Å². The van der Waals surface area contributed by atoms with Crippen LogP contribution >= 0.6 is 0 Å². The minimum Gasteiger partial charge on any atom is -0.369 e. The number of para-hydroxylation sites is 1. The highest BCUT2D eigenvalue weighted by Crippen LogP contribution is 2.39. The van der Waals surface area contributed by atoms with Gasteiger partial charge in [0.25, 0.3) is 0 Å². The van der Waals surface area contributed by atoms with E-state index in [9.17, 15) is 4.39 Å². The predicted octanol–water partition coefficient (Wildman–Crippen LogP) is 2.65. The molecule has 0 aliphatic carbocycles. The van der Waals surface area contributed by atoms with Gasteiger partial charge in [0.05, 0.1) is 5.69 Å². The summed E-state index contributed by atoms with van der Waals surface area (Å²) in [5.74, 6) is 0.519. The lowest BCUT2D eigenvalue weighted by Gasteiger charge is -2.40. The van der Waals surface area contributed by atoms with E-state index in [4.69, 9.17) is 0 Å². The number of rotatable bonds is 1. The maximum atomic E-state index is 13.9. The van der Waals surface area contributed by atoms with Crippen molar-refractivity contribution in [2.75, 3.05) is 24.5 Å². The van der Waals surface area contributed by atoms with Crippen molar-refractivity contribution in [1.82, 2.24) is 5.32 Å². The van der Waals surface area contributed by atoms with Crippen LogP contribution in [0.2, 0.25) is 0 Å². The number of piperidine rings is 1. The molecule has 98 valence electrons. The van der Waals surface area contributed by atoms with Crippen molar-refractivity contribution in [3.8, 4) is 0 Å². The van der Waals surface area contributed by atoms with Gasteiger partial charge in [-0.3, -0.25) is 0 Å². The lowest BCUT2D eigenvalue weighted by molar-refractivity contribution is 0.236. The highest BCUT2D eigenvalue weighted by Gasteiger charge is 2.44. The third-order valence-corrected chi connectivity index (χ3v) is 4.63. The first-order chi connectivity index (χ1) is 8.58. The fourth-order valence-corrected chi connectivity index (χ4v) is 3.44. The van der Waals surface area contributed by atoms with Gasteiger partial charge in [-0.2, -0.15) is 0 Å². The van der Waals surface area contributed by atoms with E-state index in [1.54, 1.807) is 12.1 Å². The number of benzene rings is 1. The Morgan fingerprint density at radius 2 is 2.11 bits per heavy atom. The highest BCUT2D eigenvalue weighted by atomic mass is 19.1. The molecule has 2 atom stereocenters. The minimum absolute atomic E-state index is 0.0975. The second-order valence-electron chi connectivity index (χ2n) is 6.27. The first-order valence-electron chi connectivity index (χ1n) is 6.81. The molecule has 2 heterocycles. The molecule has 0 amide bonds. The zero-order valence-corrected chi connectivity index (χ0v) is 11.1. The molecule has 1 aromatic carbocycles. The Balaban J connectivity index is 1.83. The van der Waals surface area contributed by atoms with E-state index in [2.05, 4.69) is 24.1 Å². The average Bonchev–Trinajstić information content (AvgIpc) is 2.66. The maximum Gasteiger partial charge on any atom is 0.146 e. The number of anilines is 1. The lowest BCUT2D eigenvalue weighted by Crippen LogP contribution is -2.47. The van der Waals surface area contributed by atoms with Crippen molar-refractivity contribution in [2.45, 2.75) is 26.3 Å². The molecule has 2 aliphatic rings. The smallest absolute Gasteiger partial charge is 0.146 e. The molecular formula is C15H21FN2. The maximum absolute atomic E-state index is 13.9. The molecule has 0 radical (unpaired) electrons. The molecule has 2 nitrogen and oxygen atoms in total. The predicted molar refractivity (Wildman–Crippen MR) is 72.3 cm³/mol. The molecule has 2 fully saturated rings. The summed E-state index contributed by atoms with van der Waals surface area (Å²) in [5, 5.41) is 3.62. The van der Waals surface area contributed by atoms with E-state index in [1.165, 1.54) is 0 Å². The Kier molecular flexibility index (Phi) is 2.81. The number of hydrogen-bond donors (Lipinski definition) is 1. The molecule has 3 rings (SSSR count). The molecule has 0 spiro atoms. The molecule has 1 N–H and O–H groups in total. The Morgan fingerprint density at radius 3 is 2.89 bits per heavy atom. The SMILES string of the molecule is CC1(C)CNC2CCN(c3ccccc3F)CC21. The molecule has 0 bridgehead atoms. The summed E-state index contributed by atoms with van der Waals surface area (Å²) < 4.78 is 13.9. The number of halogens is 1. The molecule has 18 heavy (non-hydrogen) atoms. The summed E-state index contributed by atoms with van der Waals surface area (Å²) in [6.07, 6.45) is 1.11. The molecule has 2 unspecified atom stereocenters. The Hall–Kier alpha value is -1.09. The van der Waals surface area contributed by atoms with Crippen LogP contribution < -0.4 is 10.2 Å². The van der Waals surface area contributed by atoms with Gasteiger partial charge < -0.3 is 10.2 Å². The first-order valence-corrected chi connectivity index (χ1v) is 6.81. The van der Waals surface area contributed by atoms with Gasteiger partial charge in [-0.1, -0.05) is 26.0 Å². The topological polar surface area (TPSA) is 15.3 Å². The normalized spacial score (nSPS) is 30.3. The molecule has 1 aromatic rings. The molecular weight excluding hydrogens is 227 g/mol. The van der Waals surface area contributed by atoms with Crippen LogP contribution in [0.25, 0.3) is 0 Å². The van der Waals surface area contributed by atoms with Crippen LogP contribution in [0.4, 0.5) is 10.1 Å². The van der Waals surface area contributed by atoms with Gasteiger partial charge in [-0.25, -0.2) is 4.39 Å². The molecule has 2 saturated heterocycles. The van der Waals surface area contributed by atoms with Gasteiger partial charge in [0.15, 0.2) is 0 Å². The summed E-state index contributed by atoms with van der Waals surface area (Å²) in [7, 11) is 0. The summed E-state index contributed by atoms with van der Waals surface area (Å²) in [5.41, 5.74) is 1.08. The van der Waals surface area contributed by atoms with E-state index in [-0.39, 0.29) is 5.82 Å². The van der Waals surface area contributed by atoms with Crippen LogP contribution in [0.1, 0.15) is 20.3 Å². The van der Waals surface area contributed by atoms with Crippen molar-refractivity contribution >= 4 is 5.69 Å². The fraction of sp³-hybridized carbons (Fsp3) is 0.600. The Bertz CT molecular complexity index is 444. The zero-order valence-electron chi connectivity index (χ0n) is 11.1. The van der Waals surface area contributed by atoms with Gasteiger partial charge in [0, 0.05) is 25.7 Å². The second kappa shape index (κ2) is 4.23. The van der Waals surface area contributed by atoms with Crippen molar-refractivity contribution in [1.29, 1.82) is 0 Å². The van der Waals surface area contributed by atoms with Gasteiger partial charge in [0.2, 0.25) is 0 Å². The highest BCUT2D eigenvalue weighted by molar-refractivity contribution is 5.48. The van der Waals surface area contributed by atoms with Crippen LogP contribution in [0.15, 0.2) is 24.3 Å². The number of hydrogen-bond acceptors (Lipinski definition) is 2. The Labute approximate surface area is 108 Å². The van der Waals surface area contributed by atoms with Crippen LogP contribution in [-0.4, -0.2) is 25.7 Å². The van der Waals surface area contributed by atoms with Crippen LogP contribution in [0.3, 0.4) is 0 Å². The van der Waals surface area contributed by atoms with E-state index < -0.39 is 0 Å². The van der Waals surface area contributed by atoms with E-state index in [0.29, 0.717) is 17.4 Å². The van der Waals surface area contributed by atoms with E-state index in [1.807, 2.05) is 12.1 Å². The number of nitrogens with one attached hydrogen (secondary N) is 1. The minimum atomic E-state index is -0.0975. The average molecular weight is 248 g/mol. The van der Waals surface area contributed by atoms with Gasteiger partial charge in [0.1, 0.15) is 5.82 Å². The third kappa shape index (κ3) is 1.91. The summed E-state index contributed by atoms with van der Waals surface area (Å²) in [4.78, 5) is 2.21. The quantitative estimate of drug-likeness (QED) is 0.822. The fourth-order valence-electron chi connectivity index (χ4n) is 3.44. The zero-order chi connectivity index (χ0) is 12.8. The van der Waals surface area contributed by atoms with Crippen LogP contribution in [0.5, 0.6) is 0 Å². The van der Waals surface area contributed by atoms with E-state index in [0.717, 1.165) is 31.7 Å².